The lowest BCUT2D eigenvalue weighted by Crippen LogP contribution is -2.22. The van der Waals surface area contributed by atoms with E-state index in [0.29, 0.717) is 19.8 Å². The molecule has 0 aliphatic carbocycles. The van der Waals surface area contributed by atoms with E-state index < -0.39 is 0 Å². The van der Waals surface area contributed by atoms with Crippen LogP contribution in [-0.4, -0.2) is 25.9 Å². The zero-order chi connectivity index (χ0) is 6.53. The molecule has 0 radical (unpaired) electrons. The van der Waals surface area contributed by atoms with Crippen molar-refractivity contribution in [2.45, 2.75) is 13.0 Å². The Morgan fingerprint density at radius 1 is 1.33 bits per heavy atom. The summed E-state index contributed by atoms with van der Waals surface area (Å²) in [5, 5.41) is 4.31. The summed E-state index contributed by atoms with van der Waals surface area (Å²) in [6.07, 6.45) is -0.0506. The first-order chi connectivity index (χ1) is 4.39. The second-order valence-corrected chi connectivity index (χ2v) is 1.87. The van der Waals surface area contributed by atoms with Gasteiger partial charge < -0.3 is 4.74 Å². The zero-order valence-electron chi connectivity index (χ0n) is 5.33. The number of ether oxygens (including phenoxy) is 1. The molecule has 1 rings (SSSR count). The van der Waals surface area contributed by atoms with Gasteiger partial charge in [0.15, 0.2) is 0 Å². The van der Waals surface area contributed by atoms with Gasteiger partial charge in [0.05, 0.1) is 13.2 Å². The zero-order valence-corrected chi connectivity index (χ0v) is 5.33. The van der Waals surface area contributed by atoms with E-state index in [9.17, 15) is 0 Å². The third-order valence-electron chi connectivity index (χ3n) is 0.915. The molecular weight excluding hydrogens is 124 g/mol. The van der Waals surface area contributed by atoms with Crippen LogP contribution in [0.2, 0.25) is 0 Å². The summed E-state index contributed by atoms with van der Waals surface area (Å²) in [6, 6.07) is 0. The standard InChI is InChI=1S/C5H10O4/c1-5-4-6-2-3-7-9-8-5/h5H,2-4H2,1H3. The molecule has 1 saturated heterocycles. The molecule has 54 valence electrons. The van der Waals surface area contributed by atoms with Gasteiger partial charge in [0.1, 0.15) is 12.7 Å². The lowest BCUT2D eigenvalue weighted by molar-refractivity contribution is -0.533. The minimum absolute atomic E-state index is 0.0506. The van der Waals surface area contributed by atoms with Gasteiger partial charge in [-0.05, 0) is 6.92 Å². The molecule has 0 aromatic carbocycles. The first-order valence-electron chi connectivity index (χ1n) is 2.92. The smallest absolute Gasteiger partial charge is 0.117 e. The molecule has 1 aliphatic rings. The predicted octanol–water partition coefficient (Wildman–Crippen LogP) is 0.285. The van der Waals surface area contributed by atoms with Crippen LogP contribution in [-0.2, 0) is 19.6 Å². The maximum absolute atomic E-state index is 5.06. The van der Waals surface area contributed by atoms with Crippen molar-refractivity contribution in [2.24, 2.45) is 0 Å². The molecule has 0 aromatic heterocycles. The lowest BCUT2D eigenvalue weighted by Gasteiger charge is -2.14. The average Bonchev–Trinajstić information content (AvgIpc) is 1.79. The summed E-state index contributed by atoms with van der Waals surface area (Å²) in [5.41, 5.74) is 0. The third-order valence-corrected chi connectivity index (χ3v) is 0.915. The molecule has 1 unspecified atom stereocenters. The normalized spacial score (nSPS) is 31.0. The van der Waals surface area contributed by atoms with E-state index in [1.807, 2.05) is 6.92 Å². The lowest BCUT2D eigenvalue weighted by atomic mass is 10.4. The first-order valence-corrected chi connectivity index (χ1v) is 2.92. The highest BCUT2D eigenvalue weighted by Gasteiger charge is 2.06. The fraction of sp³-hybridized carbons (Fsp3) is 1.00. The van der Waals surface area contributed by atoms with Crippen LogP contribution in [0.4, 0.5) is 0 Å². The van der Waals surface area contributed by atoms with Crippen molar-refractivity contribution in [3.05, 3.63) is 0 Å². The van der Waals surface area contributed by atoms with E-state index in [0.717, 1.165) is 0 Å². The number of hydrogen-bond donors (Lipinski definition) is 0. The molecule has 4 nitrogen and oxygen atoms in total. The van der Waals surface area contributed by atoms with E-state index in [1.54, 1.807) is 0 Å². The van der Waals surface area contributed by atoms with Crippen LogP contribution in [0.1, 0.15) is 6.92 Å². The molecule has 0 spiro atoms. The maximum atomic E-state index is 5.06. The topological polar surface area (TPSA) is 36.9 Å². The molecule has 4 heteroatoms. The predicted molar refractivity (Wildman–Crippen MR) is 28.4 cm³/mol. The molecular formula is C5H10O4. The van der Waals surface area contributed by atoms with E-state index in [2.05, 4.69) is 14.8 Å². The van der Waals surface area contributed by atoms with Gasteiger partial charge in [-0.15, -0.1) is 0 Å². The largest absolute Gasteiger partial charge is 0.376 e. The van der Waals surface area contributed by atoms with Gasteiger partial charge in [0.25, 0.3) is 0 Å². The van der Waals surface area contributed by atoms with Crippen LogP contribution in [0.15, 0.2) is 0 Å². The van der Waals surface area contributed by atoms with Crippen molar-refractivity contribution < 1.29 is 19.6 Å². The Morgan fingerprint density at radius 3 is 3.11 bits per heavy atom. The van der Waals surface area contributed by atoms with Gasteiger partial charge in [-0.25, -0.2) is 9.78 Å². The molecule has 9 heavy (non-hydrogen) atoms. The van der Waals surface area contributed by atoms with Crippen molar-refractivity contribution in [1.82, 2.24) is 0 Å². The van der Waals surface area contributed by atoms with Gasteiger partial charge in [0, 0.05) is 0 Å². The molecule has 0 amide bonds. The van der Waals surface area contributed by atoms with Crippen LogP contribution in [0.3, 0.4) is 0 Å². The van der Waals surface area contributed by atoms with Gasteiger partial charge in [-0.3, -0.25) is 0 Å². The van der Waals surface area contributed by atoms with Gasteiger partial charge in [-0.1, -0.05) is 5.04 Å². The van der Waals surface area contributed by atoms with E-state index in [-0.39, 0.29) is 6.10 Å². The highest BCUT2D eigenvalue weighted by atomic mass is 17.5. The molecule has 1 atom stereocenters. The van der Waals surface area contributed by atoms with Crippen LogP contribution >= 0.6 is 0 Å². The first kappa shape index (κ1) is 6.95. The highest BCUT2D eigenvalue weighted by Crippen LogP contribution is 1.97. The summed E-state index contributed by atoms with van der Waals surface area (Å²) in [4.78, 5) is 9.13. The Morgan fingerprint density at radius 2 is 2.22 bits per heavy atom. The van der Waals surface area contributed by atoms with Crippen molar-refractivity contribution >= 4 is 0 Å². The Balaban J connectivity index is 2.12. The maximum Gasteiger partial charge on any atom is 0.117 e. The molecule has 0 N–H and O–H groups in total. The molecule has 1 heterocycles. The molecule has 0 aromatic rings. The summed E-state index contributed by atoms with van der Waals surface area (Å²) in [6.45, 7) is 3.39. The van der Waals surface area contributed by atoms with E-state index in [1.165, 1.54) is 0 Å². The van der Waals surface area contributed by atoms with Gasteiger partial charge >= 0.3 is 0 Å². The van der Waals surface area contributed by atoms with E-state index in [4.69, 9.17) is 4.74 Å². The summed E-state index contributed by atoms with van der Waals surface area (Å²) < 4.78 is 5.06. The molecule has 1 aliphatic heterocycles. The Hall–Kier alpha value is -0.160. The van der Waals surface area contributed by atoms with Crippen molar-refractivity contribution in [2.75, 3.05) is 19.8 Å². The molecule has 0 bridgehead atoms. The Labute approximate surface area is 53.5 Å². The van der Waals surface area contributed by atoms with Gasteiger partial charge in [-0.2, -0.15) is 0 Å². The summed E-state index contributed by atoms with van der Waals surface area (Å²) >= 11 is 0. The summed E-state index contributed by atoms with van der Waals surface area (Å²) in [5.74, 6) is 0. The van der Waals surface area contributed by atoms with Crippen molar-refractivity contribution in [1.29, 1.82) is 0 Å². The molecule has 1 fully saturated rings. The van der Waals surface area contributed by atoms with Crippen molar-refractivity contribution in [3.8, 4) is 0 Å². The van der Waals surface area contributed by atoms with Crippen LogP contribution in [0.5, 0.6) is 0 Å². The fourth-order valence-electron chi connectivity index (χ4n) is 0.499. The highest BCUT2D eigenvalue weighted by molar-refractivity contribution is 4.43. The van der Waals surface area contributed by atoms with Crippen LogP contribution in [0.25, 0.3) is 0 Å². The summed E-state index contributed by atoms with van der Waals surface area (Å²) in [7, 11) is 0. The SMILES string of the molecule is CC1COCCOOO1. The Bertz CT molecular complexity index is 67.4. The quantitative estimate of drug-likeness (QED) is 0.446. The number of hydrogen-bond acceptors (Lipinski definition) is 4. The van der Waals surface area contributed by atoms with Crippen LogP contribution < -0.4 is 0 Å². The second-order valence-electron chi connectivity index (χ2n) is 1.87. The van der Waals surface area contributed by atoms with Crippen LogP contribution in [0, 0.1) is 0 Å². The average molecular weight is 134 g/mol. The van der Waals surface area contributed by atoms with Gasteiger partial charge in [0.2, 0.25) is 0 Å². The fourth-order valence-corrected chi connectivity index (χ4v) is 0.499. The minimum Gasteiger partial charge on any atom is -0.376 e. The number of rotatable bonds is 0. The molecule has 0 saturated carbocycles. The minimum atomic E-state index is -0.0506. The third kappa shape index (κ3) is 2.76. The monoisotopic (exact) mass is 134 g/mol. The van der Waals surface area contributed by atoms with E-state index >= 15 is 0 Å². The second kappa shape index (κ2) is 3.79. The van der Waals surface area contributed by atoms with Crippen molar-refractivity contribution in [3.63, 3.8) is 0 Å². The Kier molecular flexibility index (Phi) is 2.93.